The van der Waals surface area contributed by atoms with E-state index in [9.17, 15) is 28.0 Å². The van der Waals surface area contributed by atoms with Crippen LogP contribution in [0.2, 0.25) is 0 Å². The smallest absolute Gasteiger partial charge is 0.339 e. The predicted molar refractivity (Wildman–Crippen MR) is 97.3 cm³/mol. The van der Waals surface area contributed by atoms with Crippen LogP contribution in [-0.4, -0.2) is 29.4 Å². The van der Waals surface area contributed by atoms with Crippen LogP contribution in [0, 0.1) is 17.2 Å². The van der Waals surface area contributed by atoms with E-state index in [0.717, 1.165) is 0 Å². The number of hydrogen-bond acceptors (Lipinski definition) is 4. The maximum Gasteiger partial charge on any atom is 0.412 e. The Hall–Kier alpha value is -2.40. The van der Waals surface area contributed by atoms with Crippen LogP contribution < -0.4 is 10.6 Å². The summed E-state index contributed by atoms with van der Waals surface area (Å²) < 4.78 is 40.8. The molecule has 0 bridgehead atoms. The first-order valence-electron chi connectivity index (χ1n) is 9.14. The number of hydrogen-bond donors (Lipinski definition) is 2. The second-order valence-electron chi connectivity index (χ2n) is 7.68. The van der Waals surface area contributed by atoms with Gasteiger partial charge in [0, 0.05) is 5.56 Å². The number of nitriles is 1. The average molecular weight is 395 g/mol. The van der Waals surface area contributed by atoms with Crippen molar-refractivity contribution in [1.29, 1.82) is 5.26 Å². The van der Waals surface area contributed by atoms with Gasteiger partial charge in [0.15, 0.2) is 11.8 Å². The lowest BCUT2D eigenvalue weighted by Crippen LogP contribution is -2.52. The fourth-order valence-electron chi connectivity index (χ4n) is 2.96. The number of benzene rings is 1. The molecular weight excluding hydrogens is 371 g/mol. The third-order valence-corrected chi connectivity index (χ3v) is 4.70. The normalized spacial score (nSPS) is 17.5. The Balaban J connectivity index is 2.22. The Morgan fingerprint density at radius 1 is 1.21 bits per heavy atom. The van der Waals surface area contributed by atoms with E-state index in [4.69, 9.17) is 0 Å². The van der Waals surface area contributed by atoms with Crippen molar-refractivity contribution in [2.24, 2.45) is 5.92 Å². The van der Waals surface area contributed by atoms with E-state index in [0.29, 0.717) is 24.8 Å². The third kappa shape index (κ3) is 5.55. The van der Waals surface area contributed by atoms with Crippen LogP contribution in [-0.2, 0) is 4.79 Å². The molecule has 0 aliphatic heterocycles. The summed E-state index contributed by atoms with van der Waals surface area (Å²) in [4.78, 5) is 24.0. The lowest BCUT2D eigenvalue weighted by atomic mass is 9.99. The molecule has 1 saturated carbocycles. The Bertz CT molecular complexity index is 762. The summed E-state index contributed by atoms with van der Waals surface area (Å²) >= 11 is 0. The first kappa shape index (κ1) is 21.9. The molecule has 2 atom stereocenters. The topological polar surface area (TPSA) is 82.0 Å². The van der Waals surface area contributed by atoms with Gasteiger partial charge in [-0.2, -0.15) is 18.4 Å². The molecule has 2 N–H and O–H groups in total. The molecule has 152 valence electrons. The van der Waals surface area contributed by atoms with Gasteiger partial charge in [-0.3, -0.25) is 14.9 Å². The number of carbonyl (C=O) groups excluding carboxylic acids is 2. The van der Waals surface area contributed by atoms with Crippen molar-refractivity contribution in [1.82, 2.24) is 10.6 Å². The van der Waals surface area contributed by atoms with E-state index in [1.165, 1.54) is 31.2 Å². The van der Waals surface area contributed by atoms with Crippen LogP contribution in [0.4, 0.5) is 13.2 Å². The van der Waals surface area contributed by atoms with E-state index in [1.54, 1.807) is 0 Å². The monoisotopic (exact) mass is 395 g/mol. The Morgan fingerprint density at radius 2 is 1.79 bits per heavy atom. The minimum Gasteiger partial charge on any atom is -0.339 e. The van der Waals surface area contributed by atoms with Crippen molar-refractivity contribution < 1.29 is 22.8 Å². The molecule has 1 aromatic rings. The van der Waals surface area contributed by atoms with Crippen LogP contribution in [0.15, 0.2) is 24.3 Å². The maximum absolute atomic E-state index is 13.6. The highest BCUT2D eigenvalue weighted by Gasteiger charge is 2.47. The van der Waals surface area contributed by atoms with Crippen molar-refractivity contribution in [2.45, 2.75) is 63.8 Å². The number of nitrogens with zero attached hydrogens (tertiary/aromatic N) is 1. The van der Waals surface area contributed by atoms with Crippen molar-refractivity contribution in [3.8, 4) is 6.07 Å². The van der Waals surface area contributed by atoms with Crippen molar-refractivity contribution in [2.75, 3.05) is 0 Å². The molecule has 5 nitrogen and oxygen atoms in total. The number of alkyl halides is 3. The van der Waals surface area contributed by atoms with E-state index < -0.39 is 29.7 Å². The van der Waals surface area contributed by atoms with Crippen LogP contribution in [0.5, 0.6) is 0 Å². The molecular formula is C20H24F3N3O2. The summed E-state index contributed by atoms with van der Waals surface area (Å²) in [5.41, 5.74) is -0.691. The molecule has 1 amide bonds. The number of Topliss-reactive ketones (excluding diaryl/α,β-unsaturated/α-hetero) is 1. The SMILES string of the molecule is CC(=O)c1ccc([C@H](NC(=O)[C@H](CC(C)C)NC2(C#N)CC2)C(F)(F)F)cc1. The van der Waals surface area contributed by atoms with Gasteiger partial charge in [-0.1, -0.05) is 38.1 Å². The van der Waals surface area contributed by atoms with Crippen LogP contribution >= 0.6 is 0 Å². The standard InChI is InChI=1S/C20H24F3N3O2/c1-12(2)10-16(26-19(11-24)8-9-19)18(28)25-17(20(21,22)23)15-6-4-14(5-7-15)13(3)27/h4-7,12,16-17,26H,8-10H2,1-3H3,(H,25,28)/t16-,17-/m0/s1. The molecule has 8 heteroatoms. The molecule has 1 aliphatic carbocycles. The molecule has 1 aliphatic rings. The molecule has 28 heavy (non-hydrogen) atoms. The number of rotatable bonds is 8. The predicted octanol–water partition coefficient (Wildman–Crippen LogP) is 3.67. The van der Waals surface area contributed by atoms with Gasteiger partial charge in [0.25, 0.3) is 0 Å². The molecule has 1 fully saturated rings. The molecule has 0 saturated heterocycles. The zero-order chi connectivity index (χ0) is 21.1. The fourth-order valence-corrected chi connectivity index (χ4v) is 2.96. The zero-order valence-electron chi connectivity index (χ0n) is 16.1. The second-order valence-corrected chi connectivity index (χ2v) is 7.68. The van der Waals surface area contributed by atoms with Gasteiger partial charge in [0.1, 0.15) is 5.54 Å². The molecule has 0 unspecified atom stereocenters. The van der Waals surface area contributed by atoms with E-state index in [-0.39, 0.29) is 17.3 Å². The molecule has 1 aromatic carbocycles. The van der Waals surface area contributed by atoms with Crippen LogP contribution in [0.1, 0.15) is 62.0 Å². The molecule has 2 rings (SSSR count). The van der Waals surface area contributed by atoms with Gasteiger partial charge >= 0.3 is 6.18 Å². The highest BCUT2D eigenvalue weighted by atomic mass is 19.4. The lowest BCUT2D eigenvalue weighted by Gasteiger charge is -2.27. The summed E-state index contributed by atoms with van der Waals surface area (Å²) in [6, 6.07) is 4.00. The Labute approximate surface area is 162 Å². The third-order valence-electron chi connectivity index (χ3n) is 4.70. The first-order chi connectivity index (χ1) is 13.0. The number of ketones is 1. The lowest BCUT2D eigenvalue weighted by molar-refractivity contribution is -0.164. The van der Waals surface area contributed by atoms with Crippen LogP contribution in [0.25, 0.3) is 0 Å². The molecule has 0 spiro atoms. The largest absolute Gasteiger partial charge is 0.412 e. The summed E-state index contributed by atoms with van der Waals surface area (Å²) in [5, 5.41) is 14.2. The molecule has 0 heterocycles. The number of amides is 1. The first-order valence-corrected chi connectivity index (χ1v) is 9.14. The van der Waals surface area contributed by atoms with Gasteiger partial charge in [-0.25, -0.2) is 0 Å². The number of carbonyl (C=O) groups is 2. The van der Waals surface area contributed by atoms with Gasteiger partial charge in [-0.15, -0.1) is 0 Å². The van der Waals surface area contributed by atoms with E-state index in [2.05, 4.69) is 16.7 Å². The quantitative estimate of drug-likeness (QED) is 0.658. The minimum atomic E-state index is -4.71. The number of halogens is 3. The summed E-state index contributed by atoms with van der Waals surface area (Å²) in [7, 11) is 0. The zero-order valence-corrected chi connectivity index (χ0v) is 16.1. The van der Waals surface area contributed by atoms with Crippen molar-refractivity contribution in [3.63, 3.8) is 0 Å². The summed E-state index contributed by atoms with van der Waals surface area (Å²) in [6.45, 7) is 5.04. The maximum atomic E-state index is 13.6. The number of nitrogens with one attached hydrogen (secondary N) is 2. The van der Waals surface area contributed by atoms with Gasteiger partial charge in [0.05, 0.1) is 12.1 Å². The van der Waals surface area contributed by atoms with Gasteiger partial charge < -0.3 is 5.32 Å². The average Bonchev–Trinajstić information content (AvgIpc) is 3.37. The van der Waals surface area contributed by atoms with E-state index in [1.807, 2.05) is 13.8 Å². The van der Waals surface area contributed by atoms with Crippen molar-refractivity contribution in [3.05, 3.63) is 35.4 Å². The van der Waals surface area contributed by atoms with Gasteiger partial charge in [-0.05, 0) is 37.7 Å². The summed E-state index contributed by atoms with van der Waals surface area (Å²) in [6.07, 6.45) is -3.26. The van der Waals surface area contributed by atoms with Crippen molar-refractivity contribution >= 4 is 11.7 Å². The van der Waals surface area contributed by atoms with Crippen LogP contribution in [0.3, 0.4) is 0 Å². The minimum absolute atomic E-state index is 0.0527. The summed E-state index contributed by atoms with van der Waals surface area (Å²) in [5.74, 6) is -1.00. The highest BCUT2D eigenvalue weighted by molar-refractivity contribution is 5.94. The fraction of sp³-hybridized carbons (Fsp3) is 0.550. The van der Waals surface area contributed by atoms with Gasteiger partial charge in [0.2, 0.25) is 5.91 Å². The second kappa shape index (κ2) is 8.31. The molecule has 0 radical (unpaired) electrons. The Morgan fingerprint density at radius 3 is 2.18 bits per heavy atom. The van der Waals surface area contributed by atoms with E-state index >= 15 is 0 Å². The molecule has 0 aromatic heterocycles. The Kier molecular flexibility index (Phi) is 6.50. The highest BCUT2D eigenvalue weighted by Crippen LogP contribution is 2.36.